The molecule has 0 atom stereocenters. The second-order valence-electron chi connectivity index (χ2n) is 7.63. The maximum Gasteiger partial charge on any atom is 0.181 e. The minimum atomic E-state index is -0.0768. The highest BCUT2D eigenvalue weighted by atomic mass is 16.3. The zero-order valence-electron chi connectivity index (χ0n) is 14.5. The molecule has 0 saturated heterocycles. The number of phenolic OH excluding ortho intramolecular Hbond substituents is 1. The highest BCUT2D eigenvalue weighted by molar-refractivity contribution is 6.02. The SMILES string of the molecule is CC1(C)CC(=O)C2=C(C1)Nc1ccccc1CN2c1ccccc1O. The number of aromatic hydroxyl groups is 1. The normalized spacial score (nSPS) is 19.0. The summed E-state index contributed by atoms with van der Waals surface area (Å²) < 4.78 is 0. The number of para-hydroxylation sites is 3. The van der Waals surface area contributed by atoms with Crippen LogP contribution in [0.3, 0.4) is 0 Å². The van der Waals surface area contributed by atoms with E-state index in [1.807, 2.05) is 35.2 Å². The Kier molecular flexibility index (Phi) is 3.57. The van der Waals surface area contributed by atoms with E-state index in [-0.39, 0.29) is 16.9 Å². The summed E-state index contributed by atoms with van der Waals surface area (Å²) >= 11 is 0. The molecule has 2 N–H and O–H groups in total. The number of hydrogen-bond donors (Lipinski definition) is 2. The van der Waals surface area contributed by atoms with Crippen molar-refractivity contribution in [3.05, 3.63) is 65.5 Å². The van der Waals surface area contributed by atoms with E-state index in [0.717, 1.165) is 23.4 Å². The van der Waals surface area contributed by atoms with Crippen molar-refractivity contribution in [1.82, 2.24) is 0 Å². The molecule has 2 aliphatic rings. The number of nitrogens with one attached hydrogen (secondary N) is 1. The lowest BCUT2D eigenvalue weighted by Crippen LogP contribution is -2.35. The Morgan fingerprint density at radius 3 is 2.56 bits per heavy atom. The van der Waals surface area contributed by atoms with E-state index in [1.165, 1.54) is 0 Å². The summed E-state index contributed by atoms with van der Waals surface area (Å²) in [6.07, 6.45) is 1.31. The number of benzene rings is 2. The molecule has 4 nitrogen and oxygen atoms in total. The number of ketones is 1. The van der Waals surface area contributed by atoms with Crippen LogP contribution >= 0.6 is 0 Å². The van der Waals surface area contributed by atoms with Gasteiger partial charge in [-0.2, -0.15) is 0 Å². The second kappa shape index (κ2) is 5.66. The predicted molar refractivity (Wildman–Crippen MR) is 99.4 cm³/mol. The third-order valence-electron chi connectivity index (χ3n) is 4.92. The van der Waals surface area contributed by atoms with Gasteiger partial charge in [0, 0.05) is 17.8 Å². The Hall–Kier alpha value is -2.75. The smallest absolute Gasteiger partial charge is 0.181 e. The monoisotopic (exact) mass is 334 g/mol. The van der Waals surface area contributed by atoms with Gasteiger partial charge >= 0.3 is 0 Å². The lowest BCUT2D eigenvalue weighted by molar-refractivity contribution is -0.118. The largest absolute Gasteiger partial charge is 0.506 e. The fraction of sp³-hybridized carbons (Fsp3) is 0.286. The van der Waals surface area contributed by atoms with Crippen molar-refractivity contribution in [3.8, 4) is 5.75 Å². The molecule has 128 valence electrons. The first-order chi connectivity index (χ1) is 11.9. The number of allylic oxidation sites excluding steroid dienone is 2. The van der Waals surface area contributed by atoms with Gasteiger partial charge in [0.15, 0.2) is 5.78 Å². The van der Waals surface area contributed by atoms with E-state index in [1.54, 1.807) is 12.1 Å². The van der Waals surface area contributed by atoms with Crippen molar-refractivity contribution in [3.63, 3.8) is 0 Å². The van der Waals surface area contributed by atoms with Crippen LogP contribution in [0.5, 0.6) is 5.75 Å². The molecule has 1 aliphatic heterocycles. The summed E-state index contributed by atoms with van der Waals surface area (Å²) in [5, 5.41) is 13.9. The Labute approximate surface area is 147 Å². The molecule has 0 bridgehead atoms. The molecule has 4 heteroatoms. The van der Waals surface area contributed by atoms with Crippen molar-refractivity contribution >= 4 is 17.2 Å². The van der Waals surface area contributed by atoms with Gasteiger partial charge in [-0.25, -0.2) is 0 Å². The van der Waals surface area contributed by atoms with Crippen LogP contribution in [0.1, 0.15) is 32.3 Å². The van der Waals surface area contributed by atoms with Crippen LogP contribution in [0, 0.1) is 5.41 Å². The van der Waals surface area contributed by atoms with Crippen LogP contribution in [0.15, 0.2) is 59.9 Å². The number of nitrogens with zero attached hydrogens (tertiary/aromatic N) is 1. The van der Waals surface area contributed by atoms with Crippen molar-refractivity contribution in [1.29, 1.82) is 0 Å². The number of phenols is 1. The lowest BCUT2D eigenvalue weighted by Gasteiger charge is -2.36. The van der Waals surface area contributed by atoms with Crippen LogP contribution < -0.4 is 10.2 Å². The molecule has 2 aromatic carbocycles. The topological polar surface area (TPSA) is 52.6 Å². The zero-order valence-corrected chi connectivity index (χ0v) is 14.5. The number of rotatable bonds is 1. The molecule has 0 radical (unpaired) electrons. The van der Waals surface area contributed by atoms with E-state index in [0.29, 0.717) is 24.4 Å². The van der Waals surface area contributed by atoms with Crippen LogP contribution in [0.25, 0.3) is 0 Å². The van der Waals surface area contributed by atoms with E-state index >= 15 is 0 Å². The average Bonchev–Trinajstić information content (AvgIpc) is 2.70. The minimum absolute atomic E-state index is 0.0768. The fourth-order valence-electron chi connectivity index (χ4n) is 3.82. The van der Waals surface area contributed by atoms with Gasteiger partial charge in [0.2, 0.25) is 0 Å². The van der Waals surface area contributed by atoms with Crippen LogP contribution in [0.2, 0.25) is 0 Å². The number of carbonyl (C=O) groups excluding carboxylic acids is 1. The van der Waals surface area contributed by atoms with E-state index in [4.69, 9.17) is 0 Å². The van der Waals surface area contributed by atoms with Gasteiger partial charge in [0.05, 0.1) is 12.2 Å². The van der Waals surface area contributed by atoms with Crippen LogP contribution in [-0.4, -0.2) is 10.9 Å². The summed E-state index contributed by atoms with van der Waals surface area (Å²) in [6.45, 7) is 4.79. The molecule has 0 aromatic heterocycles. The van der Waals surface area contributed by atoms with Gasteiger partial charge in [0.25, 0.3) is 0 Å². The van der Waals surface area contributed by atoms with Gasteiger partial charge < -0.3 is 15.3 Å². The Bertz CT molecular complexity index is 883. The number of carbonyl (C=O) groups is 1. The molecule has 25 heavy (non-hydrogen) atoms. The number of hydrogen-bond acceptors (Lipinski definition) is 4. The maximum atomic E-state index is 13.0. The van der Waals surface area contributed by atoms with Crippen molar-refractivity contribution < 1.29 is 9.90 Å². The van der Waals surface area contributed by atoms with Gasteiger partial charge in [0.1, 0.15) is 11.4 Å². The summed E-state index contributed by atoms with van der Waals surface area (Å²) in [4.78, 5) is 15.0. The zero-order chi connectivity index (χ0) is 17.6. The number of Topliss-reactive ketones (excluding diaryl/α,β-unsaturated/α-hetero) is 1. The molecule has 2 aromatic rings. The Balaban J connectivity index is 1.92. The molecular weight excluding hydrogens is 312 g/mol. The van der Waals surface area contributed by atoms with Gasteiger partial charge in [-0.3, -0.25) is 4.79 Å². The lowest BCUT2D eigenvalue weighted by atomic mass is 9.77. The summed E-state index contributed by atoms with van der Waals surface area (Å²) in [5.41, 5.74) is 4.34. The molecule has 0 spiro atoms. The predicted octanol–water partition coefficient (Wildman–Crippen LogP) is 4.43. The Morgan fingerprint density at radius 2 is 1.76 bits per heavy atom. The first kappa shape index (κ1) is 15.8. The van der Waals surface area contributed by atoms with E-state index in [2.05, 4.69) is 25.2 Å². The molecular formula is C21H22N2O2. The van der Waals surface area contributed by atoms with Crippen molar-refractivity contribution in [2.45, 2.75) is 33.2 Å². The molecule has 0 fully saturated rings. The minimum Gasteiger partial charge on any atom is -0.506 e. The first-order valence-electron chi connectivity index (χ1n) is 8.61. The molecule has 0 saturated carbocycles. The third-order valence-corrected chi connectivity index (χ3v) is 4.92. The molecule has 0 amide bonds. The van der Waals surface area contributed by atoms with Gasteiger partial charge in [-0.1, -0.05) is 44.2 Å². The summed E-state index contributed by atoms with van der Waals surface area (Å²) in [7, 11) is 0. The van der Waals surface area contributed by atoms with E-state index < -0.39 is 0 Å². The molecule has 0 unspecified atom stereocenters. The fourth-order valence-corrected chi connectivity index (χ4v) is 3.82. The Morgan fingerprint density at radius 1 is 1.04 bits per heavy atom. The standard InChI is InChI=1S/C21H22N2O2/c1-21(2)11-16-20(19(25)12-21)23(17-9-5-6-10-18(17)24)13-14-7-3-4-8-15(14)22-16/h3-10,22,24H,11-13H2,1-2H3. The molecule has 1 aliphatic carbocycles. The quantitative estimate of drug-likeness (QED) is 0.810. The summed E-state index contributed by atoms with van der Waals surface area (Å²) in [5.74, 6) is 0.307. The van der Waals surface area contributed by atoms with Crippen molar-refractivity contribution in [2.24, 2.45) is 5.41 Å². The van der Waals surface area contributed by atoms with Gasteiger partial charge in [-0.05, 0) is 35.6 Å². The highest BCUT2D eigenvalue weighted by Gasteiger charge is 2.38. The van der Waals surface area contributed by atoms with Crippen LogP contribution in [0.4, 0.5) is 11.4 Å². The molecule has 4 rings (SSSR count). The third kappa shape index (κ3) is 2.78. The second-order valence-corrected chi connectivity index (χ2v) is 7.63. The highest BCUT2D eigenvalue weighted by Crippen LogP contribution is 2.43. The average molecular weight is 334 g/mol. The number of anilines is 2. The van der Waals surface area contributed by atoms with Crippen LogP contribution in [-0.2, 0) is 11.3 Å². The van der Waals surface area contributed by atoms with Crippen molar-refractivity contribution in [2.75, 3.05) is 10.2 Å². The van der Waals surface area contributed by atoms with E-state index in [9.17, 15) is 9.90 Å². The molecule has 1 heterocycles. The number of fused-ring (bicyclic) bond motifs is 1. The van der Waals surface area contributed by atoms with Gasteiger partial charge in [-0.15, -0.1) is 0 Å². The first-order valence-corrected chi connectivity index (χ1v) is 8.61. The summed E-state index contributed by atoms with van der Waals surface area (Å²) in [6, 6.07) is 15.3. The maximum absolute atomic E-state index is 13.0.